The lowest BCUT2D eigenvalue weighted by Gasteiger charge is -2.40. The molecule has 1 fully saturated rings. The smallest absolute Gasteiger partial charge is 0.0900 e. The fourth-order valence-electron chi connectivity index (χ4n) is 1.72. The van der Waals surface area contributed by atoms with Crippen molar-refractivity contribution in [3.8, 4) is 0 Å². The van der Waals surface area contributed by atoms with Crippen molar-refractivity contribution in [3.05, 3.63) is 0 Å². The van der Waals surface area contributed by atoms with Crippen LogP contribution < -0.4 is 5.73 Å². The number of hydrogen-bond donors (Lipinski definition) is 2. The van der Waals surface area contributed by atoms with Gasteiger partial charge in [-0.25, -0.2) is 0 Å². The van der Waals surface area contributed by atoms with E-state index < -0.39 is 0 Å². The molecule has 0 amide bonds. The van der Waals surface area contributed by atoms with Crippen LogP contribution >= 0.6 is 0 Å². The number of aliphatic hydroxyl groups is 1. The third-order valence-corrected chi connectivity index (χ3v) is 2.63. The van der Waals surface area contributed by atoms with E-state index in [1.807, 2.05) is 7.05 Å². The van der Waals surface area contributed by atoms with Gasteiger partial charge in [-0.15, -0.1) is 0 Å². The highest BCUT2D eigenvalue weighted by Crippen LogP contribution is 2.22. The molecule has 1 unspecified atom stereocenters. The Morgan fingerprint density at radius 1 is 1.62 bits per heavy atom. The van der Waals surface area contributed by atoms with Gasteiger partial charge < -0.3 is 20.5 Å². The average Bonchev–Trinajstić information content (AvgIpc) is 1.99. The van der Waals surface area contributed by atoms with Gasteiger partial charge in [0.1, 0.15) is 0 Å². The quantitative estimate of drug-likeness (QED) is 0.606. The van der Waals surface area contributed by atoms with E-state index in [9.17, 15) is 5.11 Å². The summed E-state index contributed by atoms with van der Waals surface area (Å²) in [6.07, 6.45) is 1.72. The van der Waals surface area contributed by atoms with E-state index >= 15 is 0 Å². The van der Waals surface area contributed by atoms with Gasteiger partial charge in [-0.05, 0) is 19.9 Å². The zero-order chi connectivity index (χ0) is 9.84. The second-order valence-corrected chi connectivity index (χ2v) is 3.93. The number of hydrogen-bond acceptors (Lipinski definition) is 4. The van der Waals surface area contributed by atoms with E-state index in [4.69, 9.17) is 10.5 Å². The first-order valence-corrected chi connectivity index (χ1v) is 4.76. The van der Waals surface area contributed by atoms with Gasteiger partial charge in [-0.3, -0.25) is 0 Å². The van der Waals surface area contributed by atoms with Crippen LogP contribution in [0.25, 0.3) is 0 Å². The molecule has 0 radical (unpaired) electrons. The van der Waals surface area contributed by atoms with Gasteiger partial charge in [0, 0.05) is 25.7 Å². The maximum Gasteiger partial charge on any atom is 0.0900 e. The molecule has 3 N–H and O–H groups in total. The second-order valence-electron chi connectivity index (χ2n) is 3.93. The summed E-state index contributed by atoms with van der Waals surface area (Å²) in [7, 11) is 3.62. The Morgan fingerprint density at radius 3 is 2.69 bits per heavy atom. The number of rotatable bonds is 5. The van der Waals surface area contributed by atoms with Crippen LogP contribution in [0.15, 0.2) is 0 Å². The number of nitrogens with two attached hydrogens (primary N) is 1. The Bertz CT molecular complexity index is 149. The standard InChI is InChI=1S/C9H20N2O2/c1-11(5-9(12)6-13-2)8-3-7(10)4-8/h7-9,12H,3-6,10H2,1-2H3. The van der Waals surface area contributed by atoms with Crippen molar-refractivity contribution in [2.45, 2.75) is 31.0 Å². The van der Waals surface area contributed by atoms with Crippen molar-refractivity contribution >= 4 is 0 Å². The first kappa shape index (κ1) is 10.9. The summed E-state index contributed by atoms with van der Waals surface area (Å²) in [6.45, 7) is 1.08. The lowest BCUT2D eigenvalue weighted by Crippen LogP contribution is -2.51. The maximum atomic E-state index is 9.46. The summed E-state index contributed by atoms with van der Waals surface area (Å²) in [5.74, 6) is 0. The summed E-state index contributed by atoms with van der Waals surface area (Å²) in [6, 6.07) is 0.925. The topological polar surface area (TPSA) is 58.7 Å². The third kappa shape index (κ3) is 3.23. The summed E-state index contributed by atoms with van der Waals surface area (Å²) in [5, 5.41) is 9.46. The Hall–Kier alpha value is -0.160. The number of nitrogens with zero attached hydrogens (tertiary/aromatic N) is 1. The van der Waals surface area contributed by atoms with Crippen molar-refractivity contribution in [3.63, 3.8) is 0 Å². The second kappa shape index (κ2) is 4.91. The average molecular weight is 188 g/mol. The SMILES string of the molecule is COCC(O)CN(C)C1CC(N)C1. The number of likely N-dealkylation sites (N-methyl/N-ethyl adjacent to an activating group) is 1. The van der Waals surface area contributed by atoms with Gasteiger partial charge in [-0.2, -0.15) is 0 Å². The summed E-state index contributed by atoms with van der Waals surface area (Å²) in [4.78, 5) is 2.16. The Labute approximate surface area is 79.7 Å². The fraction of sp³-hybridized carbons (Fsp3) is 1.00. The van der Waals surface area contributed by atoms with Crippen molar-refractivity contribution < 1.29 is 9.84 Å². The molecule has 0 bridgehead atoms. The van der Waals surface area contributed by atoms with E-state index in [1.54, 1.807) is 7.11 Å². The molecule has 1 atom stereocenters. The molecule has 4 nitrogen and oxygen atoms in total. The van der Waals surface area contributed by atoms with E-state index in [1.165, 1.54) is 0 Å². The first-order chi connectivity index (χ1) is 6.13. The molecule has 0 saturated heterocycles. The summed E-state index contributed by atoms with van der Waals surface area (Å²) < 4.78 is 4.86. The molecular formula is C9H20N2O2. The Balaban J connectivity index is 2.13. The van der Waals surface area contributed by atoms with Gasteiger partial charge in [0.2, 0.25) is 0 Å². The monoisotopic (exact) mass is 188 g/mol. The highest BCUT2D eigenvalue weighted by molar-refractivity contribution is 4.88. The van der Waals surface area contributed by atoms with E-state index in [0.717, 1.165) is 12.8 Å². The maximum absolute atomic E-state index is 9.46. The minimum atomic E-state index is -0.383. The van der Waals surface area contributed by atoms with Gasteiger partial charge in [0.25, 0.3) is 0 Å². The van der Waals surface area contributed by atoms with E-state index in [0.29, 0.717) is 25.2 Å². The normalized spacial score (nSPS) is 30.2. The molecule has 0 aromatic heterocycles. The minimum Gasteiger partial charge on any atom is -0.389 e. The molecule has 0 spiro atoms. The van der Waals surface area contributed by atoms with Crippen LogP contribution in [-0.4, -0.2) is 55.5 Å². The Morgan fingerprint density at radius 2 is 2.23 bits per heavy atom. The molecular weight excluding hydrogens is 168 g/mol. The van der Waals surface area contributed by atoms with Crippen molar-refractivity contribution in [2.24, 2.45) is 5.73 Å². The van der Waals surface area contributed by atoms with Crippen LogP contribution in [0.5, 0.6) is 0 Å². The van der Waals surface area contributed by atoms with Crippen LogP contribution in [0.4, 0.5) is 0 Å². The summed E-state index contributed by atoms with van der Waals surface area (Å²) in [5.41, 5.74) is 5.68. The molecule has 78 valence electrons. The predicted octanol–water partition coefficient (Wildman–Crippen LogP) is -0.585. The van der Waals surface area contributed by atoms with E-state index in [-0.39, 0.29) is 6.10 Å². The third-order valence-electron chi connectivity index (χ3n) is 2.63. The van der Waals surface area contributed by atoms with Crippen molar-refractivity contribution in [2.75, 3.05) is 27.3 Å². The zero-order valence-corrected chi connectivity index (χ0v) is 8.44. The molecule has 4 heteroatoms. The zero-order valence-electron chi connectivity index (χ0n) is 8.44. The number of methoxy groups -OCH3 is 1. The van der Waals surface area contributed by atoms with Gasteiger partial charge in [0.05, 0.1) is 12.7 Å². The molecule has 0 aliphatic heterocycles. The van der Waals surface area contributed by atoms with Gasteiger partial charge >= 0.3 is 0 Å². The molecule has 1 aliphatic carbocycles. The van der Waals surface area contributed by atoms with E-state index in [2.05, 4.69) is 4.90 Å². The number of aliphatic hydroxyl groups excluding tert-OH is 1. The van der Waals surface area contributed by atoms with Crippen LogP contribution in [0.2, 0.25) is 0 Å². The largest absolute Gasteiger partial charge is 0.389 e. The molecule has 0 heterocycles. The highest BCUT2D eigenvalue weighted by Gasteiger charge is 2.29. The Kier molecular flexibility index (Phi) is 4.12. The lowest BCUT2D eigenvalue weighted by molar-refractivity contribution is 0.0210. The van der Waals surface area contributed by atoms with Crippen LogP contribution in [0.3, 0.4) is 0 Å². The van der Waals surface area contributed by atoms with Crippen molar-refractivity contribution in [1.82, 2.24) is 4.90 Å². The molecule has 1 aliphatic rings. The fourth-order valence-corrected chi connectivity index (χ4v) is 1.72. The molecule has 13 heavy (non-hydrogen) atoms. The molecule has 0 aromatic rings. The van der Waals surface area contributed by atoms with Crippen LogP contribution in [-0.2, 0) is 4.74 Å². The first-order valence-electron chi connectivity index (χ1n) is 4.76. The van der Waals surface area contributed by atoms with Crippen LogP contribution in [0.1, 0.15) is 12.8 Å². The molecule has 1 saturated carbocycles. The minimum absolute atomic E-state index is 0.368. The van der Waals surface area contributed by atoms with Crippen LogP contribution in [0, 0.1) is 0 Å². The number of ether oxygens (including phenoxy) is 1. The molecule has 0 aromatic carbocycles. The van der Waals surface area contributed by atoms with Crippen molar-refractivity contribution in [1.29, 1.82) is 0 Å². The molecule has 1 rings (SSSR count). The van der Waals surface area contributed by atoms with Gasteiger partial charge in [-0.1, -0.05) is 0 Å². The summed E-state index contributed by atoms with van der Waals surface area (Å²) >= 11 is 0. The lowest BCUT2D eigenvalue weighted by atomic mass is 9.86. The predicted molar refractivity (Wildman–Crippen MR) is 51.5 cm³/mol. The highest BCUT2D eigenvalue weighted by atomic mass is 16.5. The van der Waals surface area contributed by atoms with Gasteiger partial charge in [0.15, 0.2) is 0 Å².